The third-order valence-electron chi connectivity index (χ3n) is 6.47. The minimum absolute atomic E-state index is 0.0115. The summed E-state index contributed by atoms with van der Waals surface area (Å²) < 4.78 is 5.35. The number of hydrogen-bond acceptors (Lipinski definition) is 7. The molecule has 1 fully saturated rings. The van der Waals surface area contributed by atoms with Gasteiger partial charge in [0.2, 0.25) is 17.6 Å². The molecule has 0 spiro atoms. The van der Waals surface area contributed by atoms with Crippen LogP contribution >= 0.6 is 0 Å². The first-order chi connectivity index (χ1) is 18.6. The molecule has 1 aliphatic heterocycles. The molecule has 4 unspecified atom stereocenters. The van der Waals surface area contributed by atoms with Crippen LogP contribution in [0.5, 0.6) is 0 Å². The van der Waals surface area contributed by atoms with E-state index >= 15 is 0 Å². The highest BCUT2D eigenvalue weighted by Crippen LogP contribution is 2.40. The second kappa shape index (κ2) is 13.8. The van der Waals surface area contributed by atoms with Crippen LogP contribution < -0.4 is 10.6 Å². The third kappa shape index (κ3) is 8.59. The van der Waals surface area contributed by atoms with Gasteiger partial charge in [0.15, 0.2) is 11.9 Å². The number of hydrogen-bond donors (Lipinski definition) is 4. The number of aliphatic hydroxyl groups excluding tert-OH is 1. The van der Waals surface area contributed by atoms with Crippen molar-refractivity contribution in [2.24, 2.45) is 5.92 Å². The SMILES string of the molecule is CCCCC(C)C=CC=CCC(=O)NC1=CC(O)(C=CC=CC=CC(=O)NC2=C(O)CCC2=O)C2OC2C1=O. The van der Waals surface area contributed by atoms with Gasteiger partial charge in [-0.25, -0.2) is 0 Å². The molecule has 1 saturated heterocycles. The van der Waals surface area contributed by atoms with Gasteiger partial charge in [-0.1, -0.05) is 75.3 Å². The number of carbonyl (C=O) groups excluding carboxylic acids is 4. The van der Waals surface area contributed by atoms with Crippen LogP contribution in [0, 0.1) is 5.92 Å². The maximum Gasteiger partial charge on any atom is 0.248 e. The highest BCUT2D eigenvalue weighted by atomic mass is 16.6. The monoisotopic (exact) mass is 536 g/mol. The van der Waals surface area contributed by atoms with E-state index in [2.05, 4.69) is 30.6 Å². The summed E-state index contributed by atoms with van der Waals surface area (Å²) in [6.45, 7) is 4.30. The standard InChI is InChI=1S/C30H36N2O7/c1-3-4-12-20(2)13-8-7-10-14-24(35)31-21-19-30(38,29-28(39-29)27(21)37)18-11-6-5-9-15-25(36)32-26-22(33)16-17-23(26)34/h5-11,13,15,18-20,28-29,33,38H,3-4,12,14,16-17H2,1-2H3,(H,31,35)(H,32,36). The zero-order valence-electron chi connectivity index (χ0n) is 22.3. The Hall–Kier alpha value is -3.82. The smallest absolute Gasteiger partial charge is 0.248 e. The summed E-state index contributed by atoms with van der Waals surface area (Å²) in [7, 11) is 0. The highest BCUT2D eigenvalue weighted by Gasteiger charge is 2.59. The van der Waals surface area contributed by atoms with Gasteiger partial charge in [-0.15, -0.1) is 0 Å². The van der Waals surface area contributed by atoms with Crippen molar-refractivity contribution in [1.82, 2.24) is 10.6 Å². The zero-order chi connectivity index (χ0) is 28.4. The van der Waals surface area contributed by atoms with Gasteiger partial charge in [0.25, 0.3) is 0 Å². The van der Waals surface area contributed by atoms with Gasteiger partial charge in [-0.3, -0.25) is 19.2 Å². The van der Waals surface area contributed by atoms with Gasteiger partial charge in [0, 0.05) is 25.3 Å². The number of fused-ring (bicyclic) bond motifs is 1. The van der Waals surface area contributed by atoms with Crippen molar-refractivity contribution in [2.75, 3.05) is 0 Å². The molecule has 0 aromatic heterocycles. The van der Waals surface area contributed by atoms with Crippen molar-refractivity contribution < 1.29 is 34.1 Å². The van der Waals surface area contributed by atoms with Gasteiger partial charge < -0.3 is 25.6 Å². The maximum atomic E-state index is 12.5. The van der Waals surface area contributed by atoms with Crippen molar-refractivity contribution in [3.63, 3.8) is 0 Å². The van der Waals surface area contributed by atoms with E-state index < -0.39 is 23.7 Å². The third-order valence-corrected chi connectivity index (χ3v) is 6.47. The Morgan fingerprint density at radius 3 is 2.62 bits per heavy atom. The number of unbranched alkanes of at least 4 members (excludes halogenated alkanes) is 1. The van der Waals surface area contributed by atoms with Crippen molar-refractivity contribution in [1.29, 1.82) is 0 Å². The summed E-state index contributed by atoms with van der Waals surface area (Å²) in [5.41, 5.74) is -1.67. The number of carbonyl (C=O) groups is 4. The highest BCUT2D eigenvalue weighted by molar-refractivity contribution is 6.05. The summed E-state index contributed by atoms with van der Waals surface area (Å²) in [5.74, 6) is -1.29. The second-order valence-electron chi connectivity index (χ2n) is 9.81. The van der Waals surface area contributed by atoms with Gasteiger partial charge in [0.1, 0.15) is 23.2 Å². The van der Waals surface area contributed by atoms with E-state index in [1.165, 1.54) is 42.9 Å². The number of epoxide rings is 1. The fourth-order valence-corrected chi connectivity index (χ4v) is 4.20. The second-order valence-corrected chi connectivity index (χ2v) is 9.81. The summed E-state index contributed by atoms with van der Waals surface area (Å²) in [4.78, 5) is 48.3. The predicted molar refractivity (Wildman–Crippen MR) is 146 cm³/mol. The van der Waals surface area contributed by atoms with Crippen LogP contribution in [0.3, 0.4) is 0 Å². The lowest BCUT2D eigenvalue weighted by Gasteiger charge is -2.23. The molecule has 0 saturated carbocycles. The van der Waals surface area contributed by atoms with Gasteiger partial charge >= 0.3 is 0 Å². The first-order valence-corrected chi connectivity index (χ1v) is 13.2. The molecule has 9 nitrogen and oxygen atoms in total. The van der Waals surface area contributed by atoms with E-state index in [1.54, 1.807) is 18.2 Å². The Morgan fingerprint density at radius 1 is 1.13 bits per heavy atom. The quantitative estimate of drug-likeness (QED) is 0.160. The molecular weight excluding hydrogens is 500 g/mol. The topological polar surface area (TPSA) is 145 Å². The fourth-order valence-electron chi connectivity index (χ4n) is 4.20. The normalized spacial score (nSPS) is 25.9. The predicted octanol–water partition coefficient (Wildman–Crippen LogP) is 3.31. The van der Waals surface area contributed by atoms with Crippen molar-refractivity contribution in [3.05, 3.63) is 84.0 Å². The number of aliphatic hydroxyl groups is 2. The first-order valence-electron chi connectivity index (χ1n) is 13.2. The van der Waals surface area contributed by atoms with Crippen LogP contribution in [0.2, 0.25) is 0 Å². The summed E-state index contributed by atoms with van der Waals surface area (Å²) in [6.07, 6.45) is 19.8. The summed E-state index contributed by atoms with van der Waals surface area (Å²) >= 11 is 0. The Balaban J connectivity index is 1.51. The molecule has 1 heterocycles. The molecule has 0 bridgehead atoms. The number of Topliss-reactive ketones (excluding diaryl/α,β-unsaturated/α-hetero) is 2. The Labute approximate surface area is 228 Å². The molecule has 3 rings (SSSR count). The largest absolute Gasteiger partial charge is 0.510 e. The number of nitrogens with one attached hydrogen (secondary N) is 2. The molecule has 39 heavy (non-hydrogen) atoms. The molecular formula is C30H36N2O7. The minimum Gasteiger partial charge on any atom is -0.510 e. The molecule has 9 heteroatoms. The van der Waals surface area contributed by atoms with E-state index in [-0.39, 0.29) is 53.9 Å². The average Bonchev–Trinajstić information content (AvgIpc) is 3.66. The molecule has 4 N–H and O–H groups in total. The van der Waals surface area contributed by atoms with Crippen LogP contribution in [0.25, 0.3) is 0 Å². The molecule has 3 aliphatic rings. The van der Waals surface area contributed by atoms with E-state index in [9.17, 15) is 29.4 Å². The molecule has 2 aliphatic carbocycles. The molecule has 208 valence electrons. The molecule has 0 aromatic carbocycles. The molecule has 4 atom stereocenters. The maximum absolute atomic E-state index is 12.5. The summed E-state index contributed by atoms with van der Waals surface area (Å²) in [6, 6.07) is 0. The lowest BCUT2D eigenvalue weighted by atomic mass is 9.88. The number of ketones is 2. The van der Waals surface area contributed by atoms with Gasteiger partial charge in [-0.05, 0) is 24.5 Å². The van der Waals surface area contributed by atoms with Crippen molar-refractivity contribution >= 4 is 23.4 Å². The van der Waals surface area contributed by atoms with Crippen LogP contribution in [-0.2, 0) is 23.9 Å². The van der Waals surface area contributed by atoms with Crippen molar-refractivity contribution in [3.8, 4) is 0 Å². The number of ether oxygens (including phenoxy) is 1. The number of amides is 2. The van der Waals surface area contributed by atoms with E-state index in [0.717, 1.165) is 12.8 Å². The molecule has 0 radical (unpaired) electrons. The average molecular weight is 537 g/mol. The Morgan fingerprint density at radius 2 is 1.90 bits per heavy atom. The first kappa shape index (κ1) is 29.7. The van der Waals surface area contributed by atoms with Gasteiger partial charge in [-0.2, -0.15) is 0 Å². The minimum atomic E-state index is -1.59. The fraction of sp³-hybridized carbons (Fsp3) is 0.400. The van der Waals surface area contributed by atoms with Crippen LogP contribution in [0.1, 0.15) is 52.4 Å². The van der Waals surface area contributed by atoms with Crippen molar-refractivity contribution in [2.45, 2.75) is 70.2 Å². The number of allylic oxidation sites excluding steroid dienone is 9. The Kier molecular flexibility index (Phi) is 10.5. The van der Waals surface area contributed by atoms with Crippen LogP contribution in [0.15, 0.2) is 84.0 Å². The van der Waals surface area contributed by atoms with E-state index in [0.29, 0.717) is 5.92 Å². The lowest BCUT2D eigenvalue weighted by Crippen LogP contribution is -2.42. The van der Waals surface area contributed by atoms with Crippen LogP contribution in [-0.4, -0.2) is 51.4 Å². The molecule has 2 amide bonds. The zero-order valence-corrected chi connectivity index (χ0v) is 22.3. The number of rotatable bonds is 13. The van der Waals surface area contributed by atoms with Crippen LogP contribution in [0.4, 0.5) is 0 Å². The van der Waals surface area contributed by atoms with Gasteiger partial charge in [0.05, 0.1) is 5.70 Å². The van der Waals surface area contributed by atoms with E-state index in [4.69, 9.17) is 4.74 Å². The van der Waals surface area contributed by atoms with E-state index in [1.807, 2.05) is 6.08 Å². The Bertz CT molecular complexity index is 1190. The molecule has 0 aromatic rings. The lowest BCUT2D eigenvalue weighted by molar-refractivity contribution is -0.123. The summed E-state index contributed by atoms with van der Waals surface area (Å²) in [5, 5.41) is 25.5.